The van der Waals surface area contributed by atoms with Crippen LogP contribution in [0.5, 0.6) is 11.5 Å². The largest absolute Gasteiger partial charge is 0.507 e. The molecule has 464 valence electrons. The van der Waals surface area contributed by atoms with Gasteiger partial charge in [0.1, 0.15) is 11.5 Å². The Kier molecular flexibility index (Phi) is 44.0. The van der Waals surface area contributed by atoms with Crippen LogP contribution in [0.2, 0.25) is 0 Å². The second kappa shape index (κ2) is 43.4. The number of phenolic OH excluding ortho intramolecular Hbond substituents is 2. The van der Waals surface area contributed by atoms with Crippen LogP contribution >= 0.6 is 0 Å². The zero-order valence-corrected chi connectivity index (χ0v) is 54.7. The molecule has 11 heteroatoms. The minimum absolute atomic E-state index is 0. The molecule has 80 heavy (non-hydrogen) atoms. The molecule has 1 saturated carbocycles. The second-order valence-corrected chi connectivity index (χ2v) is 24.2. The molecule has 2 unspecified atom stereocenters. The van der Waals surface area contributed by atoms with Crippen molar-refractivity contribution in [3.63, 3.8) is 0 Å². The summed E-state index contributed by atoms with van der Waals surface area (Å²) >= 11 is 0. The van der Waals surface area contributed by atoms with Crippen LogP contribution in [0.3, 0.4) is 0 Å². The van der Waals surface area contributed by atoms with Crippen molar-refractivity contribution in [2.45, 2.75) is 280 Å². The van der Waals surface area contributed by atoms with Crippen molar-refractivity contribution in [1.29, 1.82) is 0 Å². The fraction of sp³-hybridized carbons (Fsp3) is 0.739. The Bertz CT molecular complexity index is 1920. The smallest absolute Gasteiger partial charge is 0.414 e. The molecule has 2 atom stereocenters. The maximum absolute atomic E-state index is 11.8. The van der Waals surface area contributed by atoms with Gasteiger partial charge in [0.15, 0.2) is 0 Å². The number of aliphatic imine (C=N–C) groups is 2. The Morgan fingerprint density at radius 3 is 0.988 bits per heavy atom. The summed E-state index contributed by atoms with van der Waals surface area (Å²) in [6.07, 6.45) is 35.6. The van der Waals surface area contributed by atoms with E-state index in [-0.39, 0.29) is 62.6 Å². The Morgan fingerprint density at radius 1 is 0.487 bits per heavy atom. The molecule has 1 fully saturated rings. The quantitative estimate of drug-likeness (QED) is 0.0229. The van der Waals surface area contributed by atoms with Gasteiger partial charge in [-0.3, -0.25) is 9.98 Å². The first-order valence-electron chi connectivity index (χ1n) is 31.2. The predicted octanol–water partition coefficient (Wildman–Crippen LogP) is 18.1. The topological polar surface area (TPSA) is 140 Å². The van der Waals surface area contributed by atoms with Gasteiger partial charge in [-0.1, -0.05) is 166 Å². The van der Waals surface area contributed by atoms with E-state index in [1.165, 1.54) is 201 Å². The molecule has 10 nitrogen and oxygen atoms in total. The molecule has 4 N–H and O–H groups in total. The Balaban J connectivity index is -0.00000560. The molecular formula is C69H126CrN4O6. The molecule has 0 bridgehead atoms. The number of hydrogen-bond acceptors (Lipinski definition) is 6. The summed E-state index contributed by atoms with van der Waals surface area (Å²) in [4.78, 5) is 28.8. The molecule has 0 spiro atoms. The van der Waals surface area contributed by atoms with Crippen molar-refractivity contribution >= 4 is 24.4 Å². The average molecular weight is 1160 g/mol. The van der Waals surface area contributed by atoms with E-state index in [4.69, 9.17) is 29.8 Å². The molecule has 2 aromatic rings. The summed E-state index contributed by atoms with van der Waals surface area (Å²) < 4.78 is 2.58. The van der Waals surface area contributed by atoms with Crippen LogP contribution in [-0.4, -0.2) is 118 Å². The zero-order valence-electron chi connectivity index (χ0n) is 53.5. The van der Waals surface area contributed by atoms with Crippen molar-refractivity contribution < 1.29 is 56.3 Å². The van der Waals surface area contributed by atoms with Gasteiger partial charge >= 0.3 is 11.9 Å². The van der Waals surface area contributed by atoms with Crippen molar-refractivity contribution in [1.82, 2.24) is 0 Å². The summed E-state index contributed by atoms with van der Waals surface area (Å²) in [5, 5.41) is 38.0. The number of carboxylic acid groups (broad SMARTS) is 2. The normalized spacial score (nSPS) is 14.8. The summed E-state index contributed by atoms with van der Waals surface area (Å²) in [7, 11) is 0. The first-order chi connectivity index (χ1) is 36.3. The van der Waals surface area contributed by atoms with Crippen LogP contribution in [0.15, 0.2) is 34.3 Å². The minimum atomic E-state index is -1.82. The minimum Gasteiger partial charge on any atom is -0.507 e. The summed E-state index contributed by atoms with van der Waals surface area (Å²) in [6, 6.07) is 9.18. The molecule has 0 saturated heterocycles. The molecule has 0 heterocycles. The van der Waals surface area contributed by atoms with Gasteiger partial charge in [-0.15, -0.1) is 0 Å². The van der Waals surface area contributed by atoms with Gasteiger partial charge in [0, 0.05) is 40.9 Å². The van der Waals surface area contributed by atoms with Crippen LogP contribution in [0.1, 0.15) is 277 Å². The third-order valence-corrected chi connectivity index (χ3v) is 17.5. The van der Waals surface area contributed by atoms with Crippen molar-refractivity contribution in [2.24, 2.45) is 9.98 Å². The van der Waals surface area contributed by atoms with E-state index >= 15 is 0 Å². The van der Waals surface area contributed by atoms with Crippen LogP contribution < -0.4 is 0 Å². The third-order valence-electron chi connectivity index (χ3n) is 17.5. The van der Waals surface area contributed by atoms with E-state index in [1.54, 1.807) is 0 Å². The van der Waals surface area contributed by atoms with E-state index in [0.717, 1.165) is 60.8 Å². The number of benzene rings is 2. The molecule has 1 aliphatic rings. The van der Waals surface area contributed by atoms with E-state index in [2.05, 4.69) is 100 Å². The number of carbonyl (C=O) groups is 2. The summed E-state index contributed by atoms with van der Waals surface area (Å²) in [5.74, 6) is -2.94. The molecule has 0 amide bonds. The number of unbranched alkanes of at least 4 members (excludes halogenated alkanes) is 8. The van der Waals surface area contributed by atoms with Crippen molar-refractivity contribution in [3.8, 4) is 11.5 Å². The summed E-state index contributed by atoms with van der Waals surface area (Å²) in [6.45, 7) is 38.3. The van der Waals surface area contributed by atoms with E-state index in [0.29, 0.717) is 11.5 Å². The van der Waals surface area contributed by atoms with Crippen LogP contribution in [0, 0.1) is 28.7 Å². The average Bonchev–Trinajstić information content (AvgIpc) is 3.41. The molecular weight excluding hydrogens is 1030 g/mol. The number of aliphatic carboxylic acids is 2. The number of nitrogens with zero attached hydrogens (tertiary/aromatic N) is 4. The number of aryl methyl sites for hydroxylation is 2. The first-order valence-corrected chi connectivity index (χ1v) is 31.2. The van der Waals surface area contributed by atoms with Crippen molar-refractivity contribution in [3.05, 3.63) is 72.5 Å². The van der Waals surface area contributed by atoms with Gasteiger partial charge in [0.2, 0.25) is 0 Å². The van der Waals surface area contributed by atoms with Gasteiger partial charge in [0.05, 0.1) is 64.4 Å². The molecule has 1 aliphatic carbocycles. The third kappa shape index (κ3) is 27.4. The summed E-state index contributed by atoms with van der Waals surface area (Å²) in [5.41, 5.74) is 6.34. The molecule has 3 rings (SSSR count). The van der Waals surface area contributed by atoms with Crippen molar-refractivity contribution in [2.75, 3.05) is 52.4 Å². The molecule has 0 aliphatic heterocycles. The Hall–Kier alpha value is -3.23. The van der Waals surface area contributed by atoms with E-state index in [9.17, 15) is 10.2 Å². The monoisotopic (exact) mass is 1160 g/mol. The fourth-order valence-corrected chi connectivity index (χ4v) is 12.2. The van der Waals surface area contributed by atoms with Crippen LogP contribution in [0.4, 0.5) is 0 Å². The standard InChI is InChI=1S/C64H112N4O2.C2H2O4.CH4.2CH3.Cr/c1-13-21-35-63(11,36-22-14-2)57-47-53(9)61(69)55(49-57)51-65-59-33-29-30-34-60(59)66-52-56-50-58(48-54(10)62(56)70)64(12,37-31-45-67(39-23-15-3,40-24-16-4)41-25-17-5)38-32-46-68(42-26-18-6,43-27-19-7)44-28-20-8;3-1(4)2(5)6;;;;/h47-52,59-60H,13-46H2,1-12H3;(H,3,4)(H,5,6);1H4;2*1H3;/q;;;2*-1;/p+2. The number of hydrogen-bond donors (Lipinski definition) is 4. The number of quaternary nitrogens is 2. The van der Waals surface area contributed by atoms with E-state index in [1.807, 2.05) is 19.4 Å². The number of carboxylic acids is 2. The first kappa shape index (κ1) is 81.0. The Labute approximate surface area is 504 Å². The van der Waals surface area contributed by atoms with Gasteiger partial charge in [-0.2, -0.15) is 0 Å². The number of aromatic hydroxyl groups is 2. The fourth-order valence-electron chi connectivity index (χ4n) is 12.2. The maximum Gasteiger partial charge on any atom is 0.414 e. The van der Waals surface area contributed by atoms with Gasteiger partial charge in [0.25, 0.3) is 0 Å². The SMILES string of the molecule is C.CCCCC(C)(CCCC)c1cc(C)c(O)c(C=NC2CCCCC2N=Cc2cc(C(C)(CCC[N+](CCCC)(CCCC)CCCC)CCC[N+](CCCC)(CCCC)CCCC)cc(C)c2O)c1.O=C(O)C(=O)O.[CH3-].[CH3-].[Cr]. The molecule has 2 aromatic carbocycles. The van der Waals surface area contributed by atoms with Crippen LogP contribution in [-0.2, 0) is 37.8 Å². The van der Waals surface area contributed by atoms with Gasteiger partial charge < -0.3 is 44.2 Å². The predicted molar refractivity (Wildman–Crippen MR) is 343 cm³/mol. The number of phenols is 2. The van der Waals surface area contributed by atoms with Gasteiger partial charge in [-0.25, -0.2) is 9.59 Å². The molecule has 0 aromatic heterocycles. The second-order valence-electron chi connectivity index (χ2n) is 24.2. The zero-order chi connectivity index (χ0) is 56.6. The number of rotatable bonds is 38. The Morgan fingerprint density at radius 2 is 0.738 bits per heavy atom. The van der Waals surface area contributed by atoms with Gasteiger partial charge in [-0.05, 0) is 149 Å². The van der Waals surface area contributed by atoms with E-state index < -0.39 is 11.9 Å². The van der Waals surface area contributed by atoms with Crippen LogP contribution in [0.25, 0.3) is 0 Å². The molecule has 0 radical (unpaired) electrons. The maximum atomic E-state index is 11.8.